The van der Waals surface area contributed by atoms with Crippen LogP contribution in [-0.2, 0) is 0 Å². The lowest BCUT2D eigenvalue weighted by Crippen LogP contribution is -2.18. The van der Waals surface area contributed by atoms with Gasteiger partial charge in [0.05, 0.1) is 16.7 Å². The van der Waals surface area contributed by atoms with Crippen LogP contribution in [0.2, 0.25) is 0 Å². The molecule has 0 heterocycles. The van der Waals surface area contributed by atoms with Crippen LogP contribution in [0.1, 0.15) is 15.9 Å². The summed E-state index contributed by atoms with van der Waals surface area (Å²) in [4.78, 5) is 22.4. The van der Waals surface area contributed by atoms with E-state index in [1.165, 1.54) is 18.3 Å². The van der Waals surface area contributed by atoms with E-state index in [1.807, 2.05) is 42.5 Å². The van der Waals surface area contributed by atoms with Crippen LogP contribution in [0.25, 0.3) is 10.8 Å². The quantitative estimate of drug-likeness (QED) is 0.330. The molecule has 3 N–H and O–H groups in total. The number of rotatable bonds is 4. The Kier molecular flexibility index (Phi) is 4.38. The number of nitrogens with one attached hydrogen (secondary N) is 1. The molecule has 0 radical (unpaired) electrons. The zero-order valence-electron chi connectivity index (χ0n) is 13.0. The van der Waals surface area contributed by atoms with Gasteiger partial charge in [-0.2, -0.15) is 5.10 Å². The molecule has 0 atom stereocenters. The lowest BCUT2D eigenvalue weighted by Gasteiger charge is -2.03. The number of carbonyl (C=O) groups is 1. The number of carbonyl (C=O) groups excluding carboxylic acids is 1. The van der Waals surface area contributed by atoms with Crippen molar-refractivity contribution in [2.75, 3.05) is 5.73 Å². The lowest BCUT2D eigenvalue weighted by molar-refractivity contribution is -0.384. The van der Waals surface area contributed by atoms with E-state index in [2.05, 4.69) is 10.5 Å². The fourth-order valence-corrected chi connectivity index (χ4v) is 2.46. The molecule has 0 spiro atoms. The zero-order chi connectivity index (χ0) is 17.8. The maximum Gasteiger partial charge on any atom is 0.272 e. The number of hydrogen-bond donors (Lipinski definition) is 2. The molecule has 1 amide bonds. The summed E-state index contributed by atoms with van der Waals surface area (Å²) in [6, 6.07) is 17.3. The van der Waals surface area contributed by atoms with E-state index < -0.39 is 10.8 Å². The Labute approximate surface area is 142 Å². The molecule has 124 valence electrons. The van der Waals surface area contributed by atoms with Crippen LogP contribution in [0.3, 0.4) is 0 Å². The van der Waals surface area contributed by atoms with E-state index in [0.29, 0.717) is 0 Å². The van der Waals surface area contributed by atoms with Gasteiger partial charge in [0.1, 0.15) is 0 Å². The number of nitrogens with zero attached hydrogens (tertiary/aromatic N) is 2. The lowest BCUT2D eigenvalue weighted by atomic mass is 10.1. The maximum absolute atomic E-state index is 12.1. The Morgan fingerprint density at radius 2 is 1.88 bits per heavy atom. The molecule has 0 unspecified atom stereocenters. The second-order valence-electron chi connectivity index (χ2n) is 5.34. The first-order valence-electron chi connectivity index (χ1n) is 7.41. The number of nitro benzene ring substituents is 1. The smallest absolute Gasteiger partial charge is 0.272 e. The average Bonchev–Trinajstić information content (AvgIpc) is 2.61. The normalized spacial score (nSPS) is 10.9. The van der Waals surface area contributed by atoms with E-state index >= 15 is 0 Å². The van der Waals surface area contributed by atoms with Gasteiger partial charge in [-0.1, -0.05) is 42.5 Å². The summed E-state index contributed by atoms with van der Waals surface area (Å²) in [5, 5.41) is 16.8. The molecule has 7 heteroatoms. The number of benzene rings is 3. The minimum absolute atomic E-state index is 0.0711. The van der Waals surface area contributed by atoms with Crippen LogP contribution < -0.4 is 11.2 Å². The van der Waals surface area contributed by atoms with E-state index in [9.17, 15) is 14.9 Å². The van der Waals surface area contributed by atoms with Crippen molar-refractivity contribution in [3.05, 3.63) is 81.9 Å². The van der Waals surface area contributed by atoms with Crippen LogP contribution in [0, 0.1) is 10.1 Å². The summed E-state index contributed by atoms with van der Waals surface area (Å²) < 4.78 is 0. The van der Waals surface area contributed by atoms with Gasteiger partial charge in [-0.15, -0.1) is 0 Å². The number of anilines is 1. The molecule has 3 rings (SSSR count). The van der Waals surface area contributed by atoms with Gasteiger partial charge in [-0.05, 0) is 16.8 Å². The number of hydrazone groups is 1. The molecule has 0 aliphatic rings. The minimum Gasteiger partial charge on any atom is -0.399 e. The summed E-state index contributed by atoms with van der Waals surface area (Å²) in [7, 11) is 0. The highest BCUT2D eigenvalue weighted by atomic mass is 16.6. The molecule has 0 bridgehead atoms. The number of nitrogens with two attached hydrogens (primary N) is 1. The van der Waals surface area contributed by atoms with E-state index in [4.69, 9.17) is 5.73 Å². The van der Waals surface area contributed by atoms with Crippen LogP contribution in [-0.4, -0.2) is 17.0 Å². The molecule has 0 fully saturated rings. The second kappa shape index (κ2) is 6.79. The Bertz CT molecular complexity index is 993. The van der Waals surface area contributed by atoms with Crippen LogP contribution >= 0.6 is 0 Å². The Balaban J connectivity index is 1.80. The first kappa shape index (κ1) is 16.1. The first-order valence-corrected chi connectivity index (χ1v) is 7.41. The van der Waals surface area contributed by atoms with Crippen molar-refractivity contribution in [2.45, 2.75) is 0 Å². The van der Waals surface area contributed by atoms with Crippen LogP contribution in [0.15, 0.2) is 65.8 Å². The van der Waals surface area contributed by atoms with Crippen molar-refractivity contribution in [3.8, 4) is 0 Å². The van der Waals surface area contributed by atoms with Crippen LogP contribution in [0.4, 0.5) is 11.4 Å². The number of nitro groups is 1. The SMILES string of the molecule is Nc1cc(C(=O)N/N=C/c2cccc3ccccc23)cc([N+](=O)[O-])c1. The molecule has 0 saturated heterocycles. The topological polar surface area (TPSA) is 111 Å². The fourth-order valence-electron chi connectivity index (χ4n) is 2.46. The summed E-state index contributed by atoms with van der Waals surface area (Å²) in [5.74, 6) is -0.577. The van der Waals surface area contributed by atoms with Crippen molar-refractivity contribution < 1.29 is 9.72 Å². The average molecular weight is 334 g/mol. The van der Waals surface area contributed by atoms with Crippen LogP contribution in [0.5, 0.6) is 0 Å². The number of amides is 1. The first-order chi connectivity index (χ1) is 12.0. The maximum atomic E-state index is 12.1. The summed E-state index contributed by atoms with van der Waals surface area (Å²) in [6.45, 7) is 0. The Morgan fingerprint density at radius 1 is 1.12 bits per heavy atom. The second-order valence-corrected chi connectivity index (χ2v) is 5.34. The number of hydrogen-bond acceptors (Lipinski definition) is 5. The zero-order valence-corrected chi connectivity index (χ0v) is 13.0. The highest BCUT2D eigenvalue weighted by Gasteiger charge is 2.13. The molecular weight excluding hydrogens is 320 g/mol. The third kappa shape index (κ3) is 3.61. The Morgan fingerprint density at radius 3 is 2.68 bits per heavy atom. The molecule has 0 saturated carbocycles. The molecule has 7 nitrogen and oxygen atoms in total. The molecule has 0 aliphatic carbocycles. The molecule has 0 aliphatic heterocycles. The molecule has 3 aromatic carbocycles. The predicted octanol–water partition coefficient (Wildman–Crippen LogP) is 3.09. The number of non-ortho nitro benzene ring substituents is 1. The van der Waals surface area contributed by atoms with Gasteiger partial charge in [0.25, 0.3) is 11.6 Å². The van der Waals surface area contributed by atoms with Crippen molar-refractivity contribution in [1.29, 1.82) is 0 Å². The summed E-state index contributed by atoms with van der Waals surface area (Å²) in [5.41, 5.74) is 8.76. The van der Waals surface area contributed by atoms with Gasteiger partial charge in [-0.25, -0.2) is 5.43 Å². The third-order valence-electron chi connectivity index (χ3n) is 3.61. The van der Waals surface area contributed by atoms with Gasteiger partial charge in [0.15, 0.2) is 0 Å². The van der Waals surface area contributed by atoms with Crippen molar-refractivity contribution in [2.24, 2.45) is 5.10 Å². The highest BCUT2D eigenvalue weighted by Crippen LogP contribution is 2.19. The van der Waals surface area contributed by atoms with Gasteiger partial charge in [0, 0.05) is 23.4 Å². The van der Waals surface area contributed by atoms with Gasteiger partial charge < -0.3 is 5.73 Å². The largest absolute Gasteiger partial charge is 0.399 e. The third-order valence-corrected chi connectivity index (χ3v) is 3.61. The van der Waals surface area contributed by atoms with Crippen molar-refractivity contribution in [1.82, 2.24) is 5.43 Å². The van der Waals surface area contributed by atoms with E-state index in [1.54, 1.807) is 0 Å². The standard InChI is InChI=1S/C18H14N4O3/c19-15-8-14(9-16(10-15)22(24)25)18(23)21-20-11-13-6-3-5-12-4-1-2-7-17(12)13/h1-11H,19H2,(H,21,23)/b20-11+. The Hall–Kier alpha value is -3.74. The minimum atomic E-state index is -0.605. The number of fused-ring (bicyclic) bond motifs is 1. The van der Waals surface area contributed by atoms with Crippen molar-refractivity contribution >= 4 is 34.3 Å². The van der Waals surface area contributed by atoms with Gasteiger partial charge >= 0.3 is 0 Å². The summed E-state index contributed by atoms with van der Waals surface area (Å²) >= 11 is 0. The predicted molar refractivity (Wildman–Crippen MR) is 96.5 cm³/mol. The van der Waals surface area contributed by atoms with Crippen molar-refractivity contribution in [3.63, 3.8) is 0 Å². The molecule has 3 aromatic rings. The fraction of sp³-hybridized carbons (Fsp3) is 0. The molecule has 25 heavy (non-hydrogen) atoms. The molecule has 0 aromatic heterocycles. The number of nitrogen functional groups attached to an aromatic ring is 1. The van der Waals surface area contributed by atoms with E-state index in [-0.39, 0.29) is 16.9 Å². The van der Waals surface area contributed by atoms with Gasteiger partial charge in [-0.3, -0.25) is 14.9 Å². The summed E-state index contributed by atoms with van der Waals surface area (Å²) in [6.07, 6.45) is 1.53. The highest BCUT2D eigenvalue weighted by molar-refractivity contribution is 6.01. The monoisotopic (exact) mass is 334 g/mol. The van der Waals surface area contributed by atoms with E-state index in [0.717, 1.165) is 22.4 Å². The van der Waals surface area contributed by atoms with Gasteiger partial charge in [0.2, 0.25) is 0 Å². The molecular formula is C18H14N4O3.